The molecule has 0 saturated carbocycles. The predicted molar refractivity (Wildman–Crippen MR) is 95.8 cm³/mol. The number of aryl methyl sites for hydroxylation is 1. The number of fused-ring (bicyclic) bond motifs is 1. The van der Waals surface area contributed by atoms with Gasteiger partial charge in [0.1, 0.15) is 0 Å². The van der Waals surface area contributed by atoms with E-state index in [9.17, 15) is 4.79 Å². The highest BCUT2D eigenvalue weighted by Crippen LogP contribution is 2.15. The molecule has 3 rings (SSSR count). The van der Waals surface area contributed by atoms with Crippen LogP contribution in [0, 0.1) is 0 Å². The van der Waals surface area contributed by atoms with Gasteiger partial charge in [-0.25, -0.2) is 4.98 Å². The van der Waals surface area contributed by atoms with Gasteiger partial charge in [-0.2, -0.15) is 5.10 Å². The van der Waals surface area contributed by atoms with Crippen molar-refractivity contribution in [1.29, 1.82) is 0 Å². The number of carbonyl (C=O) groups is 1. The smallest absolute Gasteiger partial charge is 0.303 e. The Hall–Kier alpha value is -2.73. The third-order valence-electron chi connectivity index (χ3n) is 3.44. The monoisotopic (exact) mass is 339 g/mol. The number of benzene rings is 2. The Kier molecular flexibility index (Phi) is 5.18. The van der Waals surface area contributed by atoms with Crippen molar-refractivity contribution in [2.45, 2.75) is 19.3 Å². The van der Waals surface area contributed by atoms with Gasteiger partial charge in [0.05, 0.1) is 21.6 Å². The van der Waals surface area contributed by atoms with E-state index in [2.05, 4.69) is 15.5 Å². The Morgan fingerprint density at radius 1 is 1.12 bits per heavy atom. The van der Waals surface area contributed by atoms with Crippen LogP contribution in [0.4, 0.5) is 5.69 Å². The van der Waals surface area contributed by atoms with E-state index in [0.717, 1.165) is 26.3 Å². The van der Waals surface area contributed by atoms with Gasteiger partial charge in [-0.1, -0.05) is 30.3 Å². The zero-order chi connectivity index (χ0) is 16.8. The van der Waals surface area contributed by atoms with Crippen LogP contribution >= 0.6 is 11.3 Å². The quantitative estimate of drug-likeness (QED) is 0.673. The second-order valence-corrected chi connectivity index (χ2v) is 6.30. The number of nitrogens with zero attached hydrogens (tertiary/aromatic N) is 2. The van der Waals surface area contributed by atoms with Crippen molar-refractivity contribution in [1.82, 2.24) is 4.98 Å². The minimum absolute atomic E-state index is 0.130. The molecule has 0 aliphatic carbocycles. The summed E-state index contributed by atoms with van der Waals surface area (Å²) in [6, 6.07) is 17.6. The molecule has 0 atom stereocenters. The van der Waals surface area contributed by atoms with Gasteiger partial charge in [0.2, 0.25) is 0 Å². The standard InChI is InChI=1S/C18H17N3O2S/c22-17(23)12-6-10-15-18(21-20-13-7-2-1-3-8-13)24-16-11-5-4-9-14(16)19-15/h1-5,7-9,11,20H,6,10,12H2,(H,22,23)/b21-18-. The lowest BCUT2D eigenvalue weighted by Gasteiger charge is -2.04. The van der Waals surface area contributed by atoms with Gasteiger partial charge in [0, 0.05) is 6.42 Å². The van der Waals surface area contributed by atoms with Crippen molar-refractivity contribution in [3.8, 4) is 0 Å². The third kappa shape index (κ3) is 4.17. The summed E-state index contributed by atoms with van der Waals surface area (Å²) in [4.78, 5) is 15.4. The number of aromatic nitrogens is 1. The van der Waals surface area contributed by atoms with Crippen LogP contribution in [0.2, 0.25) is 0 Å². The summed E-state index contributed by atoms with van der Waals surface area (Å²) >= 11 is 1.55. The normalized spacial score (nSPS) is 11.6. The summed E-state index contributed by atoms with van der Waals surface area (Å²) in [6.45, 7) is 0. The molecule has 0 amide bonds. The molecule has 0 saturated heterocycles. The highest BCUT2D eigenvalue weighted by molar-refractivity contribution is 7.16. The Labute approximate surface area is 143 Å². The van der Waals surface area contributed by atoms with Gasteiger partial charge < -0.3 is 5.11 Å². The number of para-hydroxylation sites is 2. The average Bonchev–Trinajstić information content (AvgIpc) is 2.60. The number of carboxylic acid groups (broad SMARTS) is 1. The maximum absolute atomic E-state index is 10.7. The second kappa shape index (κ2) is 7.70. The average molecular weight is 339 g/mol. The summed E-state index contributed by atoms with van der Waals surface area (Å²) in [5, 5.41) is 13.3. The van der Waals surface area contributed by atoms with Crippen LogP contribution in [0.5, 0.6) is 0 Å². The summed E-state index contributed by atoms with van der Waals surface area (Å²) in [5.41, 5.74) is 5.67. The van der Waals surface area contributed by atoms with Gasteiger partial charge in [-0.05, 0) is 37.1 Å². The summed E-state index contributed by atoms with van der Waals surface area (Å²) in [6.07, 6.45) is 1.26. The molecule has 5 nitrogen and oxygen atoms in total. The van der Waals surface area contributed by atoms with E-state index >= 15 is 0 Å². The van der Waals surface area contributed by atoms with Gasteiger partial charge >= 0.3 is 5.97 Å². The largest absolute Gasteiger partial charge is 0.481 e. The van der Waals surface area contributed by atoms with E-state index in [1.807, 2.05) is 54.6 Å². The fraction of sp³-hybridized carbons (Fsp3) is 0.167. The molecule has 0 bridgehead atoms. The molecular formula is C18H17N3O2S. The van der Waals surface area contributed by atoms with Crippen molar-refractivity contribution in [3.05, 3.63) is 65.0 Å². The van der Waals surface area contributed by atoms with Crippen molar-refractivity contribution >= 4 is 33.2 Å². The molecule has 24 heavy (non-hydrogen) atoms. The second-order valence-electron chi connectivity index (χ2n) is 5.27. The number of rotatable bonds is 6. The van der Waals surface area contributed by atoms with Crippen LogP contribution in [0.3, 0.4) is 0 Å². The zero-order valence-corrected chi connectivity index (χ0v) is 13.8. The molecule has 0 radical (unpaired) electrons. The first kappa shape index (κ1) is 16.1. The molecule has 1 aromatic heterocycles. The summed E-state index contributed by atoms with van der Waals surface area (Å²) < 4.78 is 1.83. The molecule has 2 aromatic carbocycles. The Balaban J connectivity index is 1.94. The predicted octanol–water partition coefficient (Wildman–Crippen LogP) is 3.63. The van der Waals surface area contributed by atoms with Gasteiger partial charge in [-0.3, -0.25) is 10.2 Å². The van der Waals surface area contributed by atoms with Crippen molar-refractivity contribution in [2.75, 3.05) is 5.43 Å². The number of aliphatic carboxylic acids is 1. The molecule has 0 fully saturated rings. The van der Waals surface area contributed by atoms with Crippen molar-refractivity contribution < 1.29 is 9.90 Å². The Morgan fingerprint density at radius 2 is 1.88 bits per heavy atom. The SMILES string of the molecule is O=C(O)CCCc1nc2ccccc2s/c1=N\Nc1ccccc1. The summed E-state index contributed by atoms with van der Waals surface area (Å²) in [7, 11) is 0. The Morgan fingerprint density at radius 3 is 2.67 bits per heavy atom. The van der Waals surface area contributed by atoms with Gasteiger partial charge in [0.25, 0.3) is 0 Å². The van der Waals surface area contributed by atoms with Crippen LogP contribution in [0.25, 0.3) is 10.2 Å². The van der Waals surface area contributed by atoms with Crippen LogP contribution in [0.15, 0.2) is 59.7 Å². The summed E-state index contributed by atoms with van der Waals surface area (Å²) in [5.74, 6) is -0.791. The van der Waals surface area contributed by atoms with Crippen LogP contribution < -0.4 is 10.1 Å². The minimum atomic E-state index is -0.791. The van der Waals surface area contributed by atoms with Crippen LogP contribution in [0.1, 0.15) is 18.5 Å². The molecule has 0 unspecified atom stereocenters. The Bertz CT molecular complexity index is 907. The van der Waals surface area contributed by atoms with Crippen molar-refractivity contribution in [2.24, 2.45) is 5.10 Å². The van der Waals surface area contributed by atoms with Crippen molar-refractivity contribution in [3.63, 3.8) is 0 Å². The van der Waals surface area contributed by atoms with Gasteiger partial charge in [0.15, 0.2) is 4.67 Å². The number of carboxylic acids is 1. The molecule has 6 heteroatoms. The van der Waals surface area contributed by atoms with E-state index < -0.39 is 5.97 Å². The molecule has 0 spiro atoms. The minimum Gasteiger partial charge on any atom is -0.481 e. The van der Waals surface area contributed by atoms with Gasteiger partial charge in [-0.15, -0.1) is 11.3 Å². The molecule has 0 aliphatic heterocycles. The topological polar surface area (TPSA) is 74.6 Å². The fourth-order valence-electron chi connectivity index (χ4n) is 2.28. The van der Waals surface area contributed by atoms with Crippen LogP contribution in [-0.2, 0) is 11.2 Å². The van der Waals surface area contributed by atoms with E-state index in [1.54, 1.807) is 11.3 Å². The molecule has 1 heterocycles. The van der Waals surface area contributed by atoms with E-state index in [-0.39, 0.29) is 6.42 Å². The van der Waals surface area contributed by atoms with E-state index in [1.165, 1.54) is 0 Å². The van der Waals surface area contributed by atoms with Crippen LogP contribution in [-0.4, -0.2) is 16.1 Å². The maximum atomic E-state index is 10.7. The van der Waals surface area contributed by atoms with E-state index in [4.69, 9.17) is 5.11 Å². The zero-order valence-electron chi connectivity index (χ0n) is 13.0. The lowest BCUT2D eigenvalue weighted by molar-refractivity contribution is -0.137. The lowest BCUT2D eigenvalue weighted by atomic mass is 10.2. The first-order chi connectivity index (χ1) is 11.7. The number of nitrogens with one attached hydrogen (secondary N) is 1. The molecular weight excluding hydrogens is 322 g/mol. The number of anilines is 1. The first-order valence-corrected chi connectivity index (χ1v) is 8.49. The number of hydrogen-bond donors (Lipinski definition) is 2. The highest BCUT2D eigenvalue weighted by atomic mass is 32.1. The highest BCUT2D eigenvalue weighted by Gasteiger charge is 2.06. The lowest BCUT2D eigenvalue weighted by Crippen LogP contribution is -2.13. The molecule has 3 aromatic rings. The molecule has 122 valence electrons. The molecule has 0 aliphatic rings. The number of hydrogen-bond acceptors (Lipinski definition) is 5. The fourth-order valence-corrected chi connectivity index (χ4v) is 3.21. The third-order valence-corrected chi connectivity index (χ3v) is 4.52. The van der Waals surface area contributed by atoms with E-state index in [0.29, 0.717) is 12.8 Å². The molecule has 2 N–H and O–H groups in total. The first-order valence-electron chi connectivity index (χ1n) is 7.68. The maximum Gasteiger partial charge on any atom is 0.303 e.